The van der Waals surface area contributed by atoms with E-state index in [9.17, 15) is 13.6 Å². The summed E-state index contributed by atoms with van der Waals surface area (Å²) >= 11 is 0. The van der Waals surface area contributed by atoms with Crippen LogP contribution in [0.1, 0.15) is 24.2 Å². The smallest absolute Gasteiger partial charge is 0.337 e. The summed E-state index contributed by atoms with van der Waals surface area (Å²) in [6.45, 7) is 1.71. The second-order valence-corrected chi connectivity index (χ2v) is 4.75. The van der Waals surface area contributed by atoms with E-state index < -0.39 is 29.3 Å². The van der Waals surface area contributed by atoms with Crippen LogP contribution in [0.15, 0.2) is 42.5 Å². The van der Waals surface area contributed by atoms with Gasteiger partial charge in [-0.05, 0) is 12.5 Å². The molecule has 0 aliphatic carbocycles. The fraction of sp³-hybridized carbons (Fsp3) is 0.235. The second kappa shape index (κ2) is 7.69. The lowest BCUT2D eigenvalue weighted by Gasteiger charge is -2.15. The Kier molecular flexibility index (Phi) is 5.65. The van der Waals surface area contributed by atoms with Crippen molar-refractivity contribution in [3.05, 3.63) is 65.2 Å². The fourth-order valence-electron chi connectivity index (χ4n) is 2.08. The number of halogens is 2. The third-order valence-electron chi connectivity index (χ3n) is 3.12. The lowest BCUT2D eigenvalue weighted by molar-refractivity contribution is -0.151. The van der Waals surface area contributed by atoms with Crippen LogP contribution in [0.5, 0.6) is 5.75 Å². The van der Waals surface area contributed by atoms with Crippen LogP contribution in [0.4, 0.5) is 8.78 Å². The molecule has 1 atom stereocenters. The van der Waals surface area contributed by atoms with Crippen LogP contribution in [0.2, 0.25) is 0 Å². The van der Waals surface area contributed by atoms with Crippen molar-refractivity contribution in [3.63, 3.8) is 0 Å². The molecule has 2 aromatic rings. The molecule has 0 aromatic heterocycles. The van der Waals surface area contributed by atoms with Crippen molar-refractivity contribution in [2.45, 2.75) is 19.6 Å². The number of hydrogen-bond acceptors (Lipinski definition) is 3. The van der Waals surface area contributed by atoms with E-state index in [1.807, 2.05) is 30.3 Å². The predicted octanol–water partition coefficient (Wildman–Crippen LogP) is 3.71. The molecule has 0 amide bonds. The van der Waals surface area contributed by atoms with Crippen molar-refractivity contribution in [1.82, 2.24) is 0 Å². The van der Waals surface area contributed by atoms with Gasteiger partial charge >= 0.3 is 5.97 Å². The lowest BCUT2D eigenvalue weighted by atomic mass is 10.1. The molecule has 1 unspecified atom stereocenters. The number of benzene rings is 2. The summed E-state index contributed by atoms with van der Waals surface area (Å²) in [7, 11) is 0. The summed E-state index contributed by atoms with van der Waals surface area (Å²) in [5.74, 6) is -3.52. The molecule has 23 heavy (non-hydrogen) atoms. The molecule has 122 valence electrons. The first-order valence-electron chi connectivity index (χ1n) is 7.03. The molecule has 0 aliphatic heterocycles. The van der Waals surface area contributed by atoms with E-state index in [-0.39, 0.29) is 19.0 Å². The second-order valence-electron chi connectivity index (χ2n) is 4.75. The molecule has 0 fully saturated rings. The van der Waals surface area contributed by atoms with Gasteiger partial charge in [0, 0.05) is 18.7 Å². The molecular weight excluding hydrogens is 306 g/mol. The Bertz CT molecular complexity index is 651. The highest BCUT2D eigenvalue weighted by Crippen LogP contribution is 2.28. The number of hydrogen-bond donors (Lipinski definition) is 1. The quantitative estimate of drug-likeness (QED) is 0.844. The Hall–Kier alpha value is -2.47. The normalized spacial score (nSPS) is 12.0. The summed E-state index contributed by atoms with van der Waals surface area (Å²) in [6.07, 6.45) is -1.69. The minimum absolute atomic E-state index is 0.0160. The first-order valence-corrected chi connectivity index (χ1v) is 7.03. The van der Waals surface area contributed by atoms with Gasteiger partial charge in [0.05, 0.1) is 5.56 Å². The molecule has 1 N–H and O–H groups in total. The minimum Gasteiger partial charge on any atom is -0.489 e. The van der Waals surface area contributed by atoms with E-state index in [0.717, 1.165) is 17.7 Å². The fourth-order valence-corrected chi connectivity index (χ4v) is 2.08. The van der Waals surface area contributed by atoms with Crippen LogP contribution in [-0.2, 0) is 16.1 Å². The maximum atomic E-state index is 14.1. The molecule has 0 aliphatic rings. The summed E-state index contributed by atoms with van der Waals surface area (Å²) in [6, 6.07) is 11.0. The molecular formula is C17H16F2O4. The number of ether oxygens (including phenoxy) is 2. The van der Waals surface area contributed by atoms with Gasteiger partial charge in [0.2, 0.25) is 0 Å². The molecule has 2 aromatic carbocycles. The van der Waals surface area contributed by atoms with E-state index in [4.69, 9.17) is 14.6 Å². The van der Waals surface area contributed by atoms with Gasteiger partial charge in [0.15, 0.2) is 6.10 Å². The number of carboxylic acids is 1. The maximum Gasteiger partial charge on any atom is 0.337 e. The topological polar surface area (TPSA) is 55.8 Å². The number of aliphatic carboxylic acids is 1. The Morgan fingerprint density at radius 2 is 1.78 bits per heavy atom. The molecule has 0 bridgehead atoms. The van der Waals surface area contributed by atoms with Crippen LogP contribution in [0.3, 0.4) is 0 Å². The number of carboxylic acid groups (broad SMARTS) is 1. The van der Waals surface area contributed by atoms with Crippen molar-refractivity contribution >= 4 is 5.97 Å². The zero-order valence-corrected chi connectivity index (χ0v) is 12.5. The Morgan fingerprint density at radius 1 is 1.17 bits per heavy atom. The standard InChI is InChI=1S/C17H16F2O4/c1-2-22-16(17(20)21)15-13(18)8-12(9-14(15)19)23-10-11-6-4-3-5-7-11/h3-9,16H,2,10H2,1H3,(H,20,21). The molecule has 0 heterocycles. The first kappa shape index (κ1) is 16.9. The highest BCUT2D eigenvalue weighted by molar-refractivity contribution is 5.74. The van der Waals surface area contributed by atoms with Gasteiger partial charge in [-0.15, -0.1) is 0 Å². The average Bonchev–Trinajstić information content (AvgIpc) is 2.52. The van der Waals surface area contributed by atoms with Gasteiger partial charge in [-0.25, -0.2) is 13.6 Å². The molecule has 4 nitrogen and oxygen atoms in total. The van der Waals surface area contributed by atoms with Crippen LogP contribution < -0.4 is 4.74 Å². The Morgan fingerprint density at radius 3 is 2.30 bits per heavy atom. The van der Waals surface area contributed by atoms with Gasteiger partial charge in [-0.1, -0.05) is 30.3 Å². The number of rotatable bonds is 7. The van der Waals surface area contributed by atoms with Crippen molar-refractivity contribution in [1.29, 1.82) is 0 Å². The van der Waals surface area contributed by atoms with E-state index in [0.29, 0.717) is 0 Å². The highest BCUT2D eigenvalue weighted by Gasteiger charge is 2.28. The molecule has 6 heteroatoms. The first-order chi connectivity index (χ1) is 11.0. The minimum atomic E-state index is -1.69. The van der Waals surface area contributed by atoms with Crippen molar-refractivity contribution in [2.75, 3.05) is 6.61 Å². The van der Waals surface area contributed by atoms with Gasteiger partial charge < -0.3 is 14.6 Å². The van der Waals surface area contributed by atoms with Crippen LogP contribution in [0.25, 0.3) is 0 Å². The summed E-state index contributed by atoms with van der Waals surface area (Å²) < 4.78 is 38.5. The molecule has 0 saturated carbocycles. The SMILES string of the molecule is CCOC(C(=O)O)c1c(F)cc(OCc2ccccc2)cc1F. The van der Waals surface area contributed by atoms with Gasteiger partial charge in [0.1, 0.15) is 24.0 Å². The molecule has 0 radical (unpaired) electrons. The molecule has 0 saturated heterocycles. The van der Waals surface area contributed by atoms with Crippen molar-refractivity contribution < 1.29 is 28.2 Å². The van der Waals surface area contributed by atoms with Crippen molar-refractivity contribution in [2.24, 2.45) is 0 Å². The Labute approximate surface area is 132 Å². The van der Waals surface area contributed by atoms with E-state index in [1.54, 1.807) is 6.92 Å². The summed E-state index contributed by atoms with van der Waals surface area (Å²) in [5.41, 5.74) is 0.210. The van der Waals surface area contributed by atoms with Crippen LogP contribution in [0, 0.1) is 11.6 Å². The van der Waals surface area contributed by atoms with E-state index in [1.165, 1.54) is 0 Å². The third kappa shape index (κ3) is 4.26. The largest absolute Gasteiger partial charge is 0.489 e. The number of carbonyl (C=O) groups is 1. The van der Waals surface area contributed by atoms with Gasteiger partial charge in [-0.2, -0.15) is 0 Å². The van der Waals surface area contributed by atoms with Gasteiger partial charge in [0.25, 0.3) is 0 Å². The maximum absolute atomic E-state index is 14.1. The Balaban J connectivity index is 2.21. The van der Waals surface area contributed by atoms with Crippen LogP contribution >= 0.6 is 0 Å². The summed E-state index contributed by atoms with van der Waals surface area (Å²) in [4.78, 5) is 11.1. The van der Waals surface area contributed by atoms with E-state index >= 15 is 0 Å². The van der Waals surface area contributed by atoms with Gasteiger partial charge in [-0.3, -0.25) is 0 Å². The zero-order valence-electron chi connectivity index (χ0n) is 12.5. The molecule has 2 rings (SSSR count). The third-order valence-corrected chi connectivity index (χ3v) is 3.12. The highest BCUT2D eigenvalue weighted by atomic mass is 19.1. The predicted molar refractivity (Wildman–Crippen MR) is 79.1 cm³/mol. The molecule has 0 spiro atoms. The summed E-state index contributed by atoms with van der Waals surface area (Å²) in [5, 5.41) is 9.04. The zero-order chi connectivity index (χ0) is 16.8. The van der Waals surface area contributed by atoms with E-state index in [2.05, 4.69) is 0 Å². The van der Waals surface area contributed by atoms with Crippen LogP contribution in [-0.4, -0.2) is 17.7 Å². The van der Waals surface area contributed by atoms with Crippen molar-refractivity contribution in [3.8, 4) is 5.75 Å². The lowest BCUT2D eigenvalue weighted by Crippen LogP contribution is -2.18. The monoisotopic (exact) mass is 322 g/mol. The average molecular weight is 322 g/mol.